The van der Waals surface area contributed by atoms with Crippen LogP contribution in [0, 0.1) is 5.41 Å². The Morgan fingerprint density at radius 2 is 1.58 bits per heavy atom. The molecule has 0 aromatic heterocycles. The lowest BCUT2D eigenvalue weighted by molar-refractivity contribution is -0.121. The lowest BCUT2D eigenvalue weighted by Gasteiger charge is -2.13. The van der Waals surface area contributed by atoms with Crippen molar-refractivity contribution in [1.82, 2.24) is 0 Å². The summed E-state index contributed by atoms with van der Waals surface area (Å²) in [5.41, 5.74) is -0.582. The van der Waals surface area contributed by atoms with Gasteiger partial charge in [-0.25, -0.2) is 8.78 Å². The molecule has 0 amide bonds. The Balaban J connectivity index is 4.30. The van der Waals surface area contributed by atoms with Crippen molar-refractivity contribution < 1.29 is 13.6 Å². The zero-order valence-electron chi connectivity index (χ0n) is 7.82. The molecule has 0 aromatic carbocycles. The summed E-state index contributed by atoms with van der Waals surface area (Å²) >= 11 is 0. The molecule has 0 aliphatic carbocycles. The molecule has 0 saturated carbocycles. The highest BCUT2D eigenvalue weighted by atomic mass is 19.3. The first kappa shape index (κ1) is 11.3. The quantitative estimate of drug-likeness (QED) is 0.591. The third-order valence-electron chi connectivity index (χ3n) is 1.27. The molecule has 0 N–H and O–H groups in total. The summed E-state index contributed by atoms with van der Waals surface area (Å²) in [5.74, 6) is -3.19. The van der Waals surface area contributed by atoms with Crippen LogP contribution in [-0.2, 0) is 4.79 Å². The smallest absolute Gasteiger partial charge is 0.264 e. The summed E-state index contributed by atoms with van der Waals surface area (Å²) in [5, 5.41) is 0. The van der Waals surface area contributed by atoms with Crippen molar-refractivity contribution in [2.45, 2.75) is 33.6 Å². The number of carbonyl (C=O) groups excluding carboxylic acids is 1. The molecule has 0 fully saturated rings. The maximum atomic E-state index is 12.2. The van der Waals surface area contributed by atoms with Crippen LogP contribution < -0.4 is 0 Å². The summed E-state index contributed by atoms with van der Waals surface area (Å²) in [4.78, 5) is 11.1. The van der Waals surface area contributed by atoms with Crippen LogP contribution in [0.1, 0.15) is 27.7 Å². The third kappa shape index (κ3) is 4.99. The van der Waals surface area contributed by atoms with E-state index in [4.69, 9.17) is 0 Å². The van der Waals surface area contributed by atoms with Crippen LogP contribution in [0.25, 0.3) is 0 Å². The number of hydrogen-bond donors (Lipinski definition) is 0. The fraction of sp³-hybridized carbons (Fsp3) is 0.667. The number of hydrogen-bond acceptors (Lipinski definition) is 1. The minimum atomic E-state index is -2.90. The Kier molecular flexibility index (Phi) is 3.13. The van der Waals surface area contributed by atoms with Crippen LogP contribution in [0.4, 0.5) is 8.78 Å². The monoisotopic (exact) mass is 176 g/mol. The first-order valence-electron chi connectivity index (χ1n) is 3.74. The molecule has 0 bridgehead atoms. The van der Waals surface area contributed by atoms with E-state index in [1.54, 1.807) is 20.8 Å². The minimum absolute atomic E-state index is 0.288. The summed E-state index contributed by atoms with van der Waals surface area (Å²) in [7, 11) is 0. The zero-order chi connectivity index (χ0) is 9.99. The van der Waals surface area contributed by atoms with Gasteiger partial charge in [-0.3, -0.25) is 4.79 Å². The van der Waals surface area contributed by atoms with E-state index in [1.807, 2.05) is 0 Å². The van der Waals surface area contributed by atoms with Crippen LogP contribution in [0.2, 0.25) is 0 Å². The summed E-state index contributed by atoms with van der Waals surface area (Å²) in [6, 6.07) is 0. The van der Waals surface area contributed by atoms with Gasteiger partial charge in [0.05, 0.1) is 0 Å². The average Bonchev–Trinajstić information content (AvgIpc) is 1.78. The van der Waals surface area contributed by atoms with E-state index in [9.17, 15) is 13.6 Å². The summed E-state index contributed by atoms with van der Waals surface area (Å²) < 4.78 is 24.5. The molecule has 0 radical (unpaired) electrons. The Bertz CT molecular complexity index is 194. The zero-order valence-corrected chi connectivity index (χ0v) is 7.82. The van der Waals surface area contributed by atoms with E-state index in [0.717, 1.165) is 13.0 Å². The van der Waals surface area contributed by atoms with Gasteiger partial charge in [0.15, 0.2) is 5.78 Å². The first-order valence-corrected chi connectivity index (χ1v) is 3.74. The maximum Gasteiger partial charge on any atom is 0.264 e. The highest BCUT2D eigenvalue weighted by molar-refractivity contribution is 5.93. The maximum absolute atomic E-state index is 12.2. The predicted molar refractivity (Wildman–Crippen MR) is 44.2 cm³/mol. The second-order valence-corrected chi connectivity index (χ2v) is 3.90. The highest BCUT2D eigenvalue weighted by Crippen LogP contribution is 2.18. The number of alkyl halides is 2. The van der Waals surface area contributed by atoms with Crippen LogP contribution in [0.5, 0.6) is 0 Å². The molecular formula is C9H14F2O. The molecule has 0 rings (SSSR count). The van der Waals surface area contributed by atoms with Crippen molar-refractivity contribution in [2.24, 2.45) is 5.41 Å². The van der Waals surface area contributed by atoms with Gasteiger partial charge in [-0.15, -0.1) is 0 Å². The van der Waals surface area contributed by atoms with Gasteiger partial charge in [0.1, 0.15) is 0 Å². The third-order valence-corrected chi connectivity index (χ3v) is 1.27. The second kappa shape index (κ2) is 3.33. The standard InChI is InChI=1S/C9H14F2O/c1-8(2,3)7(12)5-6-9(4,10)11/h5-6H,1-4H3/b6-5+. The molecule has 0 atom stereocenters. The molecular weight excluding hydrogens is 162 g/mol. The number of carbonyl (C=O) groups is 1. The summed E-state index contributed by atoms with van der Waals surface area (Å²) in [6.45, 7) is 5.81. The fourth-order valence-electron chi connectivity index (χ4n) is 0.472. The van der Waals surface area contributed by atoms with Gasteiger partial charge >= 0.3 is 0 Å². The highest BCUT2D eigenvalue weighted by Gasteiger charge is 2.21. The fourth-order valence-corrected chi connectivity index (χ4v) is 0.472. The molecule has 3 heteroatoms. The van der Waals surface area contributed by atoms with Crippen molar-refractivity contribution in [1.29, 1.82) is 0 Å². The van der Waals surface area contributed by atoms with Crippen molar-refractivity contribution in [3.8, 4) is 0 Å². The summed E-state index contributed by atoms with van der Waals surface area (Å²) in [6.07, 6.45) is 1.57. The van der Waals surface area contributed by atoms with Crippen LogP contribution in [0.3, 0.4) is 0 Å². The molecule has 0 aliphatic rings. The second-order valence-electron chi connectivity index (χ2n) is 3.90. The van der Waals surface area contributed by atoms with Gasteiger partial charge in [0.25, 0.3) is 5.92 Å². The lowest BCUT2D eigenvalue weighted by atomic mass is 9.90. The largest absolute Gasteiger partial charge is 0.294 e. The molecule has 0 heterocycles. The van der Waals surface area contributed by atoms with Gasteiger partial charge < -0.3 is 0 Å². The molecule has 0 saturated heterocycles. The van der Waals surface area contributed by atoms with Gasteiger partial charge in [0, 0.05) is 12.3 Å². The number of allylic oxidation sites excluding steroid dienone is 2. The van der Waals surface area contributed by atoms with E-state index in [-0.39, 0.29) is 5.78 Å². The molecule has 0 spiro atoms. The first-order chi connectivity index (χ1) is 5.13. The van der Waals surface area contributed by atoms with Crippen molar-refractivity contribution >= 4 is 5.78 Å². The lowest BCUT2D eigenvalue weighted by Crippen LogP contribution is -2.18. The predicted octanol–water partition coefficient (Wildman–Crippen LogP) is 2.81. The van der Waals surface area contributed by atoms with E-state index >= 15 is 0 Å². The van der Waals surface area contributed by atoms with Crippen LogP contribution in [-0.4, -0.2) is 11.7 Å². The van der Waals surface area contributed by atoms with Crippen molar-refractivity contribution in [3.05, 3.63) is 12.2 Å². The van der Waals surface area contributed by atoms with Crippen molar-refractivity contribution in [2.75, 3.05) is 0 Å². The van der Waals surface area contributed by atoms with Gasteiger partial charge in [0.2, 0.25) is 0 Å². The Hall–Kier alpha value is -0.730. The molecule has 1 nitrogen and oxygen atoms in total. The Labute approximate surface area is 71.5 Å². The molecule has 70 valence electrons. The van der Waals surface area contributed by atoms with Gasteiger partial charge in [-0.1, -0.05) is 20.8 Å². The molecule has 0 unspecified atom stereocenters. The number of rotatable bonds is 2. The van der Waals surface area contributed by atoms with E-state index in [0.29, 0.717) is 6.08 Å². The Morgan fingerprint density at radius 3 is 1.83 bits per heavy atom. The minimum Gasteiger partial charge on any atom is -0.294 e. The van der Waals surface area contributed by atoms with Crippen LogP contribution in [0.15, 0.2) is 12.2 Å². The number of halogens is 2. The normalized spacial score (nSPS) is 13.8. The topological polar surface area (TPSA) is 17.1 Å². The van der Waals surface area contributed by atoms with E-state index < -0.39 is 11.3 Å². The molecule has 12 heavy (non-hydrogen) atoms. The average molecular weight is 176 g/mol. The molecule has 0 aromatic rings. The van der Waals surface area contributed by atoms with E-state index in [2.05, 4.69) is 0 Å². The van der Waals surface area contributed by atoms with Gasteiger partial charge in [-0.05, 0) is 12.2 Å². The van der Waals surface area contributed by atoms with Crippen LogP contribution >= 0.6 is 0 Å². The number of ketones is 1. The SMILES string of the molecule is CC(F)(F)/C=C/C(=O)C(C)(C)C. The van der Waals surface area contributed by atoms with Crippen molar-refractivity contribution in [3.63, 3.8) is 0 Å². The van der Waals surface area contributed by atoms with E-state index in [1.165, 1.54) is 0 Å². The van der Waals surface area contributed by atoms with Gasteiger partial charge in [-0.2, -0.15) is 0 Å². The molecule has 0 aliphatic heterocycles. The Morgan fingerprint density at radius 1 is 1.17 bits per heavy atom.